The number of β-lactam (4-membered cyclic amide) rings is 1. The zero-order valence-electron chi connectivity index (χ0n) is 27.8. The summed E-state index contributed by atoms with van der Waals surface area (Å²) in [5.41, 5.74) is 3.45. The molecule has 7 atom stereocenters. The third kappa shape index (κ3) is 10.3. The molecule has 0 bridgehead atoms. The lowest BCUT2D eigenvalue weighted by molar-refractivity contribution is -0.131. The number of hydrogen-bond acceptors (Lipinski definition) is 10. The lowest BCUT2D eigenvalue weighted by Gasteiger charge is -2.48. The fraction of sp³-hybridized carbons (Fsp3) is 0.459. The van der Waals surface area contributed by atoms with Crippen molar-refractivity contribution in [1.82, 2.24) is 10.6 Å². The minimum absolute atomic E-state index is 0.000368. The molecule has 1 saturated heterocycles. The van der Waals surface area contributed by atoms with Gasteiger partial charge in [-0.1, -0.05) is 54.6 Å². The third-order valence-electron chi connectivity index (χ3n) is 9.00. The van der Waals surface area contributed by atoms with Crippen molar-refractivity contribution in [3.8, 4) is 5.75 Å². The number of aliphatic hydroxyl groups is 6. The van der Waals surface area contributed by atoms with E-state index in [0.717, 1.165) is 28.1 Å². The van der Waals surface area contributed by atoms with Gasteiger partial charge in [-0.3, -0.25) is 9.59 Å². The van der Waals surface area contributed by atoms with Crippen LogP contribution in [0.1, 0.15) is 60.9 Å². The minimum Gasteiger partial charge on any atom is -0.497 e. The van der Waals surface area contributed by atoms with Crippen molar-refractivity contribution in [3.63, 3.8) is 0 Å². The summed E-state index contributed by atoms with van der Waals surface area (Å²) in [7, 11) is 1.61. The SMILES string of the molecule is COc1ccc(C2C(CCC(O)c3ccccc3)C(=O)N2c2ccc(CNC(=O)CCCCNCC(O)C(O)C(O)C(O)CO)cc2)cc1. The molecular weight excluding hydrogens is 630 g/mol. The van der Waals surface area contributed by atoms with Gasteiger partial charge in [0.25, 0.3) is 0 Å². The number of hydrogen-bond donors (Lipinski definition) is 8. The summed E-state index contributed by atoms with van der Waals surface area (Å²) in [5, 5.41) is 64.3. The smallest absolute Gasteiger partial charge is 0.233 e. The molecule has 12 nitrogen and oxygen atoms in total. The molecule has 3 aromatic rings. The summed E-state index contributed by atoms with van der Waals surface area (Å²) < 4.78 is 5.33. The van der Waals surface area contributed by atoms with E-state index in [0.29, 0.717) is 45.2 Å². The highest BCUT2D eigenvalue weighted by Crippen LogP contribution is 2.46. The molecule has 8 N–H and O–H groups in total. The monoisotopic (exact) mass is 679 g/mol. The molecule has 1 aliphatic rings. The van der Waals surface area contributed by atoms with Crippen LogP contribution in [0.3, 0.4) is 0 Å². The van der Waals surface area contributed by atoms with E-state index in [1.165, 1.54) is 0 Å². The molecular formula is C37H49N3O9. The number of nitrogens with zero attached hydrogens (tertiary/aromatic N) is 1. The third-order valence-corrected chi connectivity index (χ3v) is 9.00. The fourth-order valence-corrected chi connectivity index (χ4v) is 6.01. The molecule has 0 radical (unpaired) electrons. The summed E-state index contributed by atoms with van der Waals surface area (Å²) in [6.45, 7) is 0.0406. The summed E-state index contributed by atoms with van der Waals surface area (Å²) >= 11 is 0. The van der Waals surface area contributed by atoms with Gasteiger partial charge >= 0.3 is 0 Å². The number of anilines is 1. The molecule has 49 heavy (non-hydrogen) atoms. The second kappa shape index (κ2) is 18.8. The maximum atomic E-state index is 13.5. The molecule has 4 rings (SSSR count). The van der Waals surface area contributed by atoms with E-state index in [4.69, 9.17) is 9.84 Å². The molecule has 0 saturated carbocycles. The van der Waals surface area contributed by atoms with Gasteiger partial charge in [0.05, 0.1) is 37.9 Å². The van der Waals surface area contributed by atoms with Crippen LogP contribution < -0.4 is 20.3 Å². The number of ether oxygens (including phenoxy) is 1. The summed E-state index contributed by atoms with van der Waals surface area (Å²) in [4.78, 5) is 27.7. The first-order valence-corrected chi connectivity index (χ1v) is 16.7. The van der Waals surface area contributed by atoms with Crippen molar-refractivity contribution in [2.45, 2.75) is 75.2 Å². The van der Waals surface area contributed by atoms with Crippen LogP contribution in [0.5, 0.6) is 5.75 Å². The van der Waals surface area contributed by atoms with Crippen LogP contribution in [0.4, 0.5) is 5.69 Å². The minimum atomic E-state index is -1.67. The zero-order valence-corrected chi connectivity index (χ0v) is 27.8. The summed E-state index contributed by atoms with van der Waals surface area (Å²) in [5.74, 6) is 0.334. The van der Waals surface area contributed by atoms with E-state index < -0.39 is 37.1 Å². The van der Waals surface area contributed by atoms with Crippen molar-refractivity contribution in [2.24, 2.45) is 5.92 Å². The van der Waals surface area contributed by atoms with E-state index in [-0.39, 0.29) is 30.3 Å². The van der Waals surface area contributed by atoms with Crippen LogP contribution in [0.2, 0.25) is 0 Å². The van der Waals surface area contributed by atoms with Gasteiger partial charge in [-0.05, 0) is 73.2 Å². The normalized spacial score (nSPS) is 19.0. The van der Waals surface area contributed by atoms with E-state index in [2.05, 4.69) is 10.6 Å². The number of aliphatic hydroxyl groups excluding tert-OH is 6. The summed E-state index contributed by atoms with van der Waals surface area (Å²) in [6, 6.07) is 24.5. The summed E-state index contributed by atoms with van der Waals surface area (Å²) in [6.07, 6.45) is -4.28. The van der Waals surface area contributed by atoms with Gasteiger partial charge in [-0.2, -0.15) is 0 Å². The van der Waals surface area contributed by atoms with Crippen molar-refractivity contribution in [3.05, 3.63) is 95.6 Å². The van der Waals surface area contributed by atoms with Gasteiger partial charge in [-0.15, -0.1) is 0 Å². The molecule has 0 aromatic heterocycles. The highest BCUT2D eigenvalue weighted by atomic mass is 16.5. The molecule has 3 aromatic carbocycles. The molecule has 12 heteroatoms. The lowest BCUT2D eigenvalue weighted by atomic mass is 9.78. The number of rotatable bonds is 20. The standard InChI is InChI=1S/C37H49N3O9/c1-49-28-16-12-26(13-17-28)34-29(18-19-30(42)25-7-3-2-4-8-25)37(48)40(34)27-14-10-24(11-15-27)21-39-33(45)9-5-6-20-38-22-31(43)35(46)36(47)32(44)23-41/h2-4,7-8,10-17,29-32,34-36,38,41-44,46-47H,5-6,9,18-23H2,1H3,(H,39,45). The Morgan fingerprint density at radius 1 is 0.878 bits per heavy atom. The van der Waals surface area contributed by atoms with E-state index in [9.17, 15) is 35.1 Å². The van der Waals surface area contributed by atoms with Gasteiger partial charge in [-0.25, -0.2) is 0 Å². The number of unbranched alkanes of at least 4 members (excludes halogenated alkanes) is 1. The van der Waals surface area contributed by atoms with Gasteiger partial charge in [0.15, 0.2) is 0 Å². The van der Waals surface area contributed by atoms with Crippen LogP contribution in [0.25, 0.3) is 0 Å². The molecule has 7 unspecified atom stereocenters. The van der Waals surface area contributed by atoms with Crippen LogP contribution >= 0.6 is 0 Å². The zero-order chi connectivity index (χ0) is 35.3. The first-order chi connectivity index (χ1) is 23.6. The molecule has 0 aliphatic carbocycles. The maximum Gasteiger partial charge on any atom is 0.233 e. The van der Waals surface area contributed by atoms with E-state index in [1.807, 2.05) is 78.9 Å². The van der Waals surface area contributed by atoms with Gasteiger partial charge in [0, 0.05) is 25.2 Å². The number of methoxy groups -OCH3 is 1. The van der Waals surface area contributed by atoms with Gasteiger partial charge < -0.3 is 50.9 Å². The number of benzene rings is 3. The largest absolute Gasteiger partial charge is 0.497 e. The van der Waals surface area contributed by atoms with Crippen molar-refractivity contribution in [1.29, 1.82) is 0 Å². The first kappa shape index (κ1) is 37.9. The Morgan fingerprint density at radius 3 is 2.20 bits per heavy atom. The van der Waals surface area contributed by atoms with Crippen LogP contribution in [0, 0.1) is 5.92 Å². The number of carbonyl (C=O) groups is 2. The molecule has 1 aliphatic heterocycles. The molecule has 1 heterocycles. The van der Waals surface area contributed by atoms with E-state index in [1.54, 1.807) is 12.0 Å². The topological polar surface area (TPSA) is 192 Å². The van der Waals surface area contributed by atoms with Gasteiger partial charge in [0.2, 0.25) is 11.8 Å². The highest BCUT2D eigenvalue weighted by Gasteiger charge is 2.48. The molecule has 0 spiro atoms. The second-order valence-electron chi connectivity index (χ2n) is 12.4. The maximum absolute atomic E-state index is 13.5. The first-order valence-electron chi connectivity index (χ1n) is 16.7. The Hall–Kier alpha value is -3.88. The number of carbonyl (C=O) groups excluding carboxylic acids is 2. The second-order valence-corrected chi connectivity index (χ2v) is 12.4. The average Bonchev–Trinajstić information content (AvgIpc) is 3.14. The van der Waals surface area contributed by atoms with Crippen molar-refractivity contribution < 1.29 is 45.0 Å². The van der Waals surface area contributed by atoms with Crippen LogP contribution in [-0.4, -0.2) is 93.7 Å². The molecule has 2 amide bonds. The average molecular weight is 680 g/mol. The van der Waals surface area contributed by atoms with Crippen LogP contribution in [0.15, 0.2) is 78.9 Å². The quantitative estimate of drug-likeness (QED) is 0.0645. The highest BCUT2D eigenvalue weighted by molar-refractivity contribution is 6.03. The van der Waals surface area contributed by atoms with Crippen LogP contribution in [-0.2, 0) is 16.1 Å². The predicted octanol–water partition coefficient (Wildman–Crippen LogP) is 1.73. The lowest BCUT2D eigenvalue weighted by Crippen LogP contribution is -2.55. The number of nitrogens with one attached hydrogen (secondary N) is 2. The Bertz CT molecular complexity index is 1440. The fourth-order valence-electron chi connectivity index (χ4n) is 6.01. The van der Waals surface area contributed by atoms with Crippen molar-refractivity contribution in [2.75, 3.05) is 31.7 Å². The Kier molecular flexibility index (Phi) is 14.5. The molecule has 1 fully saturated rings. The van der Waals surface area contributed by atoms with E-state index >= 15 is 0 Å². The van der Waals surface area contributed by atoms with Crippen molar-refractivity contribution >= 4 is 17.5 Å². The Labute approximate surface area is 287 Å². The Balaban J connectivity index is 1.24. The van der Waals surface area contributed by atoms with Gasteiger partial charge in [0.1, 0.15) is 24.1 Å². The molecule has 266 valence electrons. The Morgan fingerprint density at radius 2 is 1.55 bits per heavy atom. The number of amides is 2. The predicted molar refractivity (Wildman–Crippen MR) is 183 cm³/mol.